The van der Waals surface area contributed by atoms with Crippen LogP contribution in [0.2, 0.25) is 5.02 Å². The molecular weight excluding hydrogens is 318 g/mol. The van der Waals surface area contributed by atoms with Gasteiger partial charge in [0.15, 0.2) is 0 Å². The Morgan fingerprint density at radius 1 is 1.14 bits per heavy atom. The maximum absolute atomic E-state index is 12.1. The van der Waals surface area contributed by atoms with E-state index in [4.69, 9.17) is 15.8 Å². The van der Waals surface area contributed by atoms with E-state index in [0.717, 1.165) is 11.6 Å². The SMILES string of the molecule is Cc1ccc(S(=O)(=O)Oc2c(Cl)cccc2[N+](=O)[O-])cc1. The second-order valence-corrected chi connectivity index (χ2v) is 6.15. The summed E-state index contributed by atoms with van der Waals surface area (Å²) in [6.45, 7) is 1.80. The topological polar surface area (TPSA) is 86.5 Å². The third-order valence-electron chi connectivity index (χ3n) is 2.65. The van der Waals surface area contributed by atoms with E-state index in [-0.39, 0.29) is 9.92 Å². The van der Waals surface area contributed by atoms with Crippen LogP contribution in [0.25, 0.3) is 0 Å². The average Bonchev–Trinajstić information content (AvgIpc) is 2.41. The number of para-hydroxylation sites is 1. The number of halogens is 1. The highest BCUT2D eigenvalue weighted by Crippen LogP contribution is 2.36. The molecule has 2 aromatic rings. The van der Waals surface area contributed by atoms with E-state index in [1.165, 1.54) is 24.3 Å². The van der Waals surface area contributed by atoms with E-state index >= 15 is 0 Å². The molecule has 0 bridgehead atoms. The van der Waals surface area contributed by atoms with E-state index in [9.17, 15) is 18.5 Å². The molecule has 2 rings (SSSR count). The summed E-state index contributed by atoms with van der Waals surface area (Å²) in [7, 11) is -4.20. The fourth-order valence-corrected chi connectivity index (χ4v) is 2.80. The van der Waals surface area contributed by atoms with Gasteiger partial charge >= 0.3 is 15.8 Å². The minimum absolute atomic E-state index is 0.109. The minimum Gasteiger partial charge on any atom is -0.370 e. The van der Waals surface area contributed by atoms with E-state index in [0.29, 0.717) is 0 Å². The van der Waals surface area contributed by atoms with E-state index in [1.807, 2.05) is 0 Å². The molecule has 0 aliphatic carbocycles. The van der Waals surface area contributed by atoms with Gasteiger partial charge in [-0.25, -0.2) is 0 Å². The molecule has 0 spiro atoms. The molecule has 0 fully saturated rings. The van der Waals surface area contributed by atoms with Crippen LogP contribution in [0.15, 0.2) is 47.4 Å². The Hall–Kier alpha value is -2.12. The predicted molar refractivity (Wildman–Crippen MR) is 77.1 cm³/mol. The molecule has 0 aromatic heterocycles. The fourth-order valence-electron chi connectivity index (χ4n) is 1.59. The van der Waals surface area contributed by atoms with Crippen molar-refractivity contribution in [1.82, 2.24) is 0 Å². The number of benzene rings is 2. The quantitative estimate of drug-likeness (QED) is 0.488. The van der Waals surface area contributed by atoms with Gasteiger partial charge in [0, 0.05) is 6.07 Å². The number of nitro groups is 1. The molecule has 0 N–H and O–H groups in total. The normalized spacial score (nSPS) is 11.1. The van der Waals surface area contributed by atoms with Gasteiger partial charge < -0.3 is 4.18 Å². The number of hydrogen-bond donors (Lipinski definition) is 0. The Kier molecular flexibility index (Phi) is 4.15. The third kappa shape index (κ3) is 3.32. The van der Waals surface area contributed by atoms with Crippen molar-refractivity contribution in [3.8, 4) is 5.75 Å². The summed E-state index contributed by atoms with van der Waals surface area (Å²) in [6.07, 6.45) is 0. The molecule has 2 aromatic carbocycles. The lowest BCUT2D eigenvalue weighted by atomic mass is 10.2. The van der Waals surface area contributed by atoms with Crippen molar-refractivity contribution in [2.45, 2.75) is 11.8 Å². The first-order valence-electron chi connectivity index (χ1n) is 5.75. The van der Waals surface area contributed by atoms with Crippen LogP contribution in [0.5, 0.6) is 5.75 Å². The minimum atomic E-state index is -4.20. The van der Waals surface area contributed by atoms with Crippen LogP contribution >= 0.6 is 11.6 Å². The maximum atomic E-state index is 12.1. The highest BCUT2D eigenvalue weighted by atomic mass is 35.5. The summed E-state index contributed by atoms with van der Waals surface area (Å²) in [6, 6.07) is 9.67. The van der Waals surface area contributed by atoms with Gasteiger partial charge in [-0.15, -0.1) is 0 Å². The number of aryl methyl sites for hydroxylation is 1. The summed E-state index contributed by atoms with van der Waals surface area (Å²) in [5.41, 5.74) is 0.357. The van der Waals surface area contributed by atoms with Crippen LogP contribution in [0, 0.1) is 17.0 Å². The molecule has 0 unspecified atom stereocenters. The molecule has 8 heteroatoms. The van der Waals surface area contributed by atoms with Crippen molar-refractivity contribution in [2.75, 3.05) is 0 Å². The van der Waals surface area contributed by atoms with Crippen molar-refractivity contribution in [3.63, 3.8) is 0 Å². The van der Waals surface area contributed by atoms with Crippen molar-refractivity contribution in [3.05, 3.63) is 63.2 Å². The van der Waals surface area contributed by atoms with Crippen LogP contribution < -0.4 is 4.18 Å². The fraction of sp³-hybridized carbons (Fsp3) is 0.0769. The Labute approximate surface area is 126 Å². The molecule has 0 aliphatic heterocycles. The first-order valence-corrected chi connectivity index (χ1v) is 7.54. The van der Waals surface area contributed by atoms with Crippen LogP contribution in [0.1, 0.15) is 5.56 Å². The van der Waals surface area contributed by atoms with Gasteiger partial charge in [-0.2, -0.15) is 8.42 Å². The molecule has 0 saturated heterocycles. The smallest absolute Gasteiger partial charge is 0.339 e. The standard InChI is InChI=1S/C13H10ClNO5S/c1-9-5-7-10(8-6-9)21(18,19)20-13-11(14)3-2-4-12(13)15(16)17/h2-8H,1H3. The number of nitrogens with zero attached hydrogens (tertiary/aromatic N) is 1. The van der Waals surface area contributed by atoms with Crippen LogP contribution in [0.3, 0.4) is 0 Å². The van der Waals surface area contributed by atoms with E-state index in [1.54, 1.807) is 19.1 Å². The van der Waals surface area contributed by atoms with Crippen molar-refractivity contribution in [2.24, 2.45) is 0 Å². The van der Waals surface area contributed by atoms with E-state index < -0.39 is 26.5 Å². The van der Waals surface area contributed by atoms with E-state index in [2.05, 4.69) is 0 Å². The predicted octanol–water partition coefficient (Wildman–Crippen LogP) is 3.32. The second kappa shape index (κ2) is 5.71. The summed E-state index contributed by atoms with van der Waals surface area (Å²) in [5, 5.41) is 10.8. The zero-order chi connectivity index (χ0) is 15.6. The largest absolute Gasteiger partial charge is 0.370 e. The van der Waals surface area contributed by atoms with Crippen LogP contribution in [0.4, 0.5) is 5.69 Å². The molecule has 0 atom stereocenters. The molecule has 0 heterocycles. The molecule has 0 amide bonds. The summed E-state index contributed by atoms with van der Waals surface area (Å²) < 4.78 is 29.1. The van der Waals surface area contributed by atoms with Crippen molar-refractivity contribution < 1.29 is 17.5 Å². The van der Waals surface area contributed by atoms with Gasteiger partial charge in [-0.3, -0.25) is 10.1 Å². The molecule has 0 aliphatic rings. The van der Waals surface area contributed by atoms with Gasteiger partial charge in [-0.1, -0.05) is 35.4 Å². The number of rotatable bonds is 4. The highest BCUT2D eigenvalue weighted by Gasteiger charge is 2.25. The molecular formula is C13H10ClNO5S. The first-order chi connectivity index (χ1) is 9.81. The number of nitro benzene ring substituents is 1. The van der Waals surface area contributed by atoms with Gasteiger partial charge in [-0.05, 0) is 25.1 Å². The zero-order valence-corrected chi connectivity index (χ0v) is 12.4. The molecule has 0 saturated carbocycles. The monoisotopic (exact) mass is 327 g/mol. The van der Waals surface area contributed by atoms with Crippen molar-refractivity contribution in [1.29, 1.82) is 0 Å². The Bertz CT molecular complexity index is 787. The molecule has 6 nitrogen and oxygen atoms in total. The Morgan fingerprint density at radius 2 is 1.76 bits per heavy atom. The molecule has 21 heavy (non-hydrogen) atoms. The average molecular weight is 328 g/mol. The van der Waals surface area contributed by atoms with Crippen molar-refractivity contribution >= 4 is 27.4 Å². The maximum Gasteiger partial charge on any atom is 0.339 e. The lowest BCUT2D eigenvalue weighted by Gasteiger charge is -2.08. The highest BCUT2D eigenvalue weighted by molar-refractivity contribution is 7.87. The third-order valence-corrected chi connectivity index (χ3v) is 4.18. The van der Waals surface area contributed by atoms with Gasteiger partial charge in [0.05, 0.1) is 9.95 Å². The van der Waals surface area contributed by atoms with Gasteiger partial charge in [0.2, 0.25) is 5.75 Å². The number of hydrogen-bond acceptors (Lipinski definition) is 5. The Balaban J connectivity index is 2.46. The summed E-state index contributed by atoms with van der Waals surface area (Å²) >= 11 is 5.80. The lowest BCUT2D eigenvalue weighted by molar-refractivity contribution is -0.385. The van der Waals surface area contributed by atoms with Crippen LogP contribution in [-0.4, -0.2) is 13.3 Å². The van der Waals surface area contributed by atoms with Gasteiger partial charge in [0.1, 0.15) is 4.90 Å². The molecule has 0 radical (unpaired) electrons. The first kappa shape index (κ1) is 15.3. The Morgan fingerprint density at radius 3 is 2.33 bits per heavy atom. The second-order valence-electron chi connectivity index (χ2n) is 4.20. The molecule has 110 valence electrons. The van der Waals surface area contributed by atoms with Gasteiger partial charge in [0.25, 0.3) is 0 Å². The summed E-state index contributed by atoms with van der Waals surface area (Å²) in [5.74, 6) is -0.496. The lowest BCUT2D eigenvalue weighted by Crippen LogP contribution is -2.11. The van der Waals surface area contributed by atoms with Crippen LogP contribution in [-0.2, 0) is 10.1 Å². The zero-order valence-electron chi connectivity index (χ0n) is 10.8. The summed E-state index contributed by atoms with van der Waals surface area (Å²) in [4.78, 5) is 10.0.